The maximum atomic E-state index is 13.0. The molecule has 0 unspecified atom stereocenters. The fourth-order valence-electron chi connectivity index (χ4n) is 4.07. The summed E-state index contributed by atoms with van der Waals surface area (Å²) >= 11 is 0. The molecule has 0 heterocycles. The number of anilines is 2. The Labute approximate surface area is 194 Å². The number of nitrogens with one attached hydrogen (secondary N) is 2. The third-order valence-corrected chi connectivity index (χ3v) is 7.40. The summed E-state index contributed by atoms with van der Waals surface area (Å²) in [7, 11) is -3.95. The summed E-state index contributed by atoms with van der Waals surface area (Å²) in [5.41, 5.74) is 2.80. The van der Waals surface area contributed by atoms with Crippen molar-refractivity contribution in [2.24, 2.45) is 11.8 Å². The molecule has 0 aromatic heterocycles. The number of carboxylic acids is 1. The average molecular weight is 475 g/mol. The lowest BCUT2D eigenvalue weighted by atomic mass is 9.78. The summed E-state index contributed by atoms with van der Waals surface area (Å²) in [6.45, 7) is 5.81. The van der Waals surface area contributed by atoms with Crippen LogP contribution < -0.4 is 14.8 Å². The number of ether oxygens (including phenoxy) is 1. The van der Waals surface area contributed by atoms with Crippen molar-refractivity contribution in [2.75, 3.05) is 16.6 Å². The van der Waals surface area contributed by atoms with E-state index in [2.05, 4.69) is 10.0 Å². The smallest absolute Gasteiger partial charge is 0.307 e. The molecule has 9 heteroatoms. The zero-order valence-corrected chi connectivity index (χ0v) is 19.9. The molecule has 1 aliphatic rings. The second kappa shape index (κ2) is 10.2. The van der Waals surface area contributed by atoms with Crippen molar-refractivity contribution in [3.05, 3.63) is 47.5 Å². The number of sulfonamides is 1. The van der Waals surface area contributed by atoms with Crippen LogP contribution in [0.5, 0.6) is 5.75 Å². The summed E-state index contributed by atoms with van der Waals surface area (Å²) in [6.07, 6.45) is 2.56. The minimum atomic E-state index is -3.95. The van der Waals surface area contributed by atoms with Crippen LogP contribution in [0.15, 0.2) is 41.3 Å². The van der Waals surface area contributed by atoms with Gasteiger partial charge in [0.05, 0.1) is 18.4 Å². The van der Waals surface area contributed by atoms with Crippen LogP contribution in [-0.2, 0) is 19.6 Å². The molecule has 0 spiro atoms. The van der Waals surface area contributed by atoms with E-state index in [1.54, 1.807) is 19.1 Å². The van der Waals surface area contributed by atoms with Gasteiger partial charge in [0.1, 0.15) is 10.6 Å². The Kier molecular flexibility index (Phi) is 7.63. The van der Waals surface area contributed by atoms with Gasteiger partial charge >= 0.3 is 5.97 Å². The number of hydrogen-bond donors (Lipinski definition) is 3. The van der Waals surface area contributed by atoms with Crippen molar-refractivity contribution in [3.8, 4) is 5.75 Å². The molecule has 1 fully saturated rings. The third kappa shape index (κ3) is 5.84. The molecule has 1 saturated carbocycles. The second-order valence-corrected chi connectivity index (χ2v) is 9.97. The maximum Gasteiger partial charge on any atom is 0.307 e. The van der Waals surface area contributed by atoms with E-state index in [0.29, 0.717) is 24.2 Å². The van der Waals surface area contributed by atoms with Crippen molar-refractivity contribution in [2.45, 2.75) is 51.3 Å². The first-order valence-corrected chi connectivity index (χ1v) is 12.5. The largest absolute Gasteiger partial charge is 0.492 e. The maximum absolute atomic E-state index is 13.0. The number of carboxylic acid groups (broad SMARTS) is 1. The standard InChI is InChI=1S/C24H30N2O6S/c1-4-32-21-14-17(25-23(27)19-7-5-6-8-20(19)24(28)29)11-12-22(21)33(30,31)26-18-10-9-15(2)16(3)13-18/h9-14,19-20,26H,4-8H2,1-3H3,(H,25,27)(H,28,29)/t19-,20+/m0/s1. The first-order chi connectivity index (χ1) is 15.6. The fraction of sp³-hybridized carbons (Fsp3) is 0.417. The van der Waals surface area contributed by atoms with Crippen molar-refractivity contribution < 1.29 is 27.9 Å². The van der Waals surface area contributed by atoms with Gasteiger partial charge in [-0.15, -0.1) is 0 Å². The van der Waals surface area contributed by atoms with Crippen LogP contribution in [-0.4, -0.2) is 32.0 Å². The third-order valence-electron chi connectivity index (χ3n) is 5.98. The lowest BCUT2D eigenvalue weighted by Crippen LogP contribution is -2.36. The monoisotopic (exact) mass is 474 g/mol. The lowest BCUT2D eigenvalue weighted by Gasteiger charge is -2.27. The highest BCUT2D eigenvalue weighted by molar-refractivity contribution is 7.92. The molecule has 3 N–H and O–H groups in total. The quantitative estimate of drug-likeness (QED) is 0.523. The molecule has 0 radical (unpaired) electrons. The van der Waals surface area contributed by atoms with Gasteiger partial charge in [-0.25, -0.2) is 8.42 Å². The number of aryl methyl sites for hydroxylation is 2. The van der Waals surface area contributed by atoms with E-state index in [-0.39, 0.29) is 23.2 Å². The second-order valence-electron chi connectivity index (χ2n) is 8.32. The molecule has 1 amide bonds. The lowest BCUT2D eigenvalue weighted by molar-refractivity contribution is -0.147. The van der Waals surface area contributed by atoms with Gasteiger partial charge in [0.2, 0.25) is 5.91 Å². The Morgan fingerprint density at radius 3 is 2.30 bits per heavy atom. The SMILES string of the molecule is CCOc1cc(NC(=O)[C@H]2CCCC[C@H]2C(=O)O)ccc1S(=O)(=O)Nc1ccc(C)c(C)c1. The predicted molar refractivity (Wildman–Crippen MR) is 126 cm³/mol. The Balaban J connectivity index is 1.84. The van der Waals surface area contributed by atoms with Crippen LogP contribution in [0.1, 0.15) is 43.7 Å². The van der Waals surface area contributed by atoms with Crippen molar-refractivity contribution >= 4 is 33.3 Å². The topological polar surface area (TPSA) is 122 Å². The summed E-state index contributed by atoms with van der Waals surface area (Å²) in [5.74, 6) is -2.59. The molecular formula is C24H30N2O6S. The van der Waals surface area contributed by atoms with Crippen LogP contribution >= 0.6 is 0 Å². The van der Waals surface area contributed by atoms with Gasteiger partial charge in [0.25, 0.3) is 10.0 Å². The summed E-state index contributed by atoms with van der Waals surface area (Å²) in [4.78, 5) is 24.3. The number of hydrogen-bond acceptors (Lipinski definition) is 5. The predicted octanol–water partition coefficient (Wildman–Crippen LogP) is 4.33. The zero-order chi connectivity index (χ0) is 24.2. The molecule has 0 aliphatic heterocycles. The van der Waals surface area contributed by atoms with Gasteiger partial charge in [-0.2, -0.15) is 0 Å². The normalized spacial score (nSPS) is 18.4. The van der Waals surface area contributed by atoms with Crippen LogP contribution in [0.25, 0.3) is 0 Å². The molecular weight excluding hydrogens is 444 g/mol. The van der Waals surface area contributed by atoms with Crippen molar-refractivity contribution in [1.29, 1.82) is 0 Å². The van der Waals surface area contributed by atoms with Crippen LogP contribution in [0.4, 0.5) is 11.4 Å². The molecule has 0 bridgehead atoms. The van der Waals surface area contributed by atoms with Crippen molar-refractivity contribution in [1.82, 2.24) is 0 Å². The first kappa shape index (κ1) is 24.6. The van der Waals surface area contributed by atoms with Crippen LogP contribution in [0.2, 0.25) is 0 Å². The minimum Gasteiger partial charge on any atom is -0.492 e. The number of carbonyl (C=O) groups is 2. The fourth-order valence-corrected chi connectivity index (χ4v) is 5.24. The van der Waals surface area contributed by atoms with E-state index < -0.39 is 27.8 Å². The van der Waals surface area contributed by atoms with Gasteiger partial charge in [-0.05, 0) is 69.0 Å². The Hall–Kier alpha value is -3.07. The van der Waals surface area contributed by atoms with Crippen LogP contribution in [0, 0.1) is 25.7 Å². The van der Waals surface area contributed by atoms with E-state index in [9.17, 15) is 23.1 Å². The summed E-state index contributed by atoms with van der Waals surface area (Å²) < 4.78 is 34.2. The molecule has 178 valence electrons. The van der Waals surface area contributed by atoms with E-state index in [4.69, 9.17) is 4.74 Å². The minimum absolute atomic E-state index is 0.0540. The van der Waals surface area contributed by atoms with Crippen molar-refractivity contribution in [3.63, 3.8) is 0 Å². The number of rotatable bonds is 8. The van der Waals surface area contributed by atoms with Gasteiger partial charge in [-0.1, -0.05) is 18.9 Å². The van der Waals surface area contributed by atoms with E-state index in [1.807, 2.05) is 19.9 Å². The van der Waals surface area contributed by atoms with Gasteiger partial charge in [0, 0.05) is 17.4 Å². The molecule has 0 saturated heterocycles. The number of aliphatic carboxylic acids is 1. The Morgan fingerprint density at radius 1 is 1.00 bits per heavy atom. The molecule has 1 aliphatic carbocycles. The van der Waals surface area contributed by atoms with E-state index in [0.717, 1.165) is 24.0 Å². The van der Waals surface area contributed by atoms with Crippen LogP contribution in [0.3, 0.4) is 0 Å². The highest BCUT2D eigenvalue weighted by Crippen LogP contribution is 2.33. The van der Waals surface area contributed by atoms with Gasteiger partial charge in [-0.3, -0.25) is 14.3 Å². The number of benzene rings is 2. The van der Waals surface area contributed by atoms with E-state index >= 15 is 0 Å². The molecule has 33 heavy (non-hydrogen) atoms. The highest BCUT2D eigenvalue weighted by atomic mass is 32.2. The number of amides is 1. The average Bonchev–Trinajstić information content (AvgIpc) is 2.76. The van der Waals surface area contributed by atoms with E-state index in [1.165, 1.54) is 18.2 Å². The summed E-state index contributed by atoms with van der Waals surface area (Å²) in [6, 6.07) is 9.59. The Morgan fingerprint density at radius 2 is 1.67 bits per heavy atom. The first-order valence-electron chi connectivity index (χ1n) is 11.0. The number of carbonyl (C=O) groups excluding carboxylic acids is 1. The van der Waals surface area contributed by atoms with Gasteiger partial charge < -0.3 is 15.2 Å². The molecule has 8 nitrogen and oxygen atoms in total. The highest BCUT2D eigenvalue weighted by Gasteiger charge is 2.35. The molecule has 2 aromatic carbocycles. The Bertz CT molecular complexity index is 1150. The summed E-state index contributed by atoms with van der Waals surface area (Å²) in [5, 5.41) is 12.2. The molecule has 3 rings (SSSR count). The molecule has 2 aromatic rings. The van der Waals surface area contributed by atoms with Gasteiger partial charge in [0.15, 0.2) is 0 Å². The zero-order valence-electron chi connectivity index (χ0n) is 19.1. The molecule has 2 atom stereocenters.